The molecule has 1 fully saturated rings. The SMILES string of the molecule is COc1ccccc1NC(=O)c1cccc(N2CCCN(Cc3ccc(F)cc3)C2=O)c1. The van der Waals surface area contributed by atoms with E-state index in [0.717, 1.165) is 12.0 Å². The third kappa shape index (κ3) is 4.72. The Kier molecular flexibility index (Phi) is 6.35. The zero-order chi connectivity index (χ0) is 22.5. The second-order valence-electron chi connectivity index (χ2n) is 7.54. The fourth-order valence-corrected chi connectivity index (χ4v) is 3.74. The predicted octanol–water partition coefficient (Wildman–Crippen LogP) is 4.92. The molecule has 6 nitrogen and oxygen atoms in total. The summed E-state index contributed by atoms with van der Waals surface area (Å²) in [5.74, 6) is -0.0211. The van der Waals surface area contributed by atoms with Gasteiger partial charge in [-0.25, -0.2) is 9.18 Å². The molecule has 164 valence electrons. The molecular formula is C25H24FN3O3. The Morgan fingerprint density at radius 2 is 1.81 bits per heavy atom. The number of nitrogens with zero attached hydrogens (tertiary/aromatic N) is 2. The molecule has 0 aliphatic carbocycles. The largest absolute Gasteiger partial charge is 0.495 e. The van der Waals surface area contributed by atoms with Crippen LogP contribution in [0.15, 0.2) is 72.8 Å². The number of ether oxygens (including phenoxy) is 1. The van der Waals surface area contributed by atoms with Gasteiger partial charge in [0.2, 0.25) is 0 Å². The van der Waals surface area contributed by atoms with Crippen LogP contribution in [0.5, 0.6) is 5.75 Å². The normalized spacial score (nSPS) is 13.8. The summed E-state index contributed by atoms with van der Waals surface area (Å²) >= 11 is 0. The number of nitrogens with one attached hydrogen (secondary N) is 1. The molecule has 1 aliphatic heterocycles. The summed E-state index contributed by atoms with van der Waals surface area (Å²) in [7, 11) is 1.55. The molecule has 3 aromatic carbocycles. The lowest BCUT2D eigenvalue weighted by atomic mass is 10.1. The molecule has 0 bridgehead atoms. The van der Waals surface area contributed by atoms with Crippen molar-refractivity contribution < 1.29 is 18.7 Å². The molecule has 0 spiro atoms. The highest BCUT2D eigenvalue weighted by atomic mass is 19.1. The molecule has 1 saturated heterocycles. The van der Waals surface area contributed by atoms with Gasteiger partial charge in [-0.3, -0.25) is 9.69 Å². The molecule has 0 atom stereocenters. The monoisotopic (exact) mass is 433 g/mol. The lowest BCUT2D eigenvalue weighted by Crippen LogP contribution is -2.49. The van der Waals surface area contributed by atoms with Crippen LogP contribution in [0.25, 0.3) is 0 Å². The van der Waals surface area contributed by atoms with E-state index in [0.29, 0.717) is 42.3 Å². The van der Waals surface area contributed by atoms with E-state index in [9.17, 15) is 14.0 Å². The summed E-state index contributed by atoms with van der Waals surface area (Å²) in [6, 6.07) is 20.2. The number of methoxy groups -OCH3 is 1. The minimum absolute atomic E-state index is 0.136. The van der Waals surface area contributed by atoms with Crippen LogP contribution in [0.4, 0.5) is 20.6 Å². The van der Waals surface area contributed by atoms with Gasteiger partial charge in [0, 0.05) is 30.9 Å². The third-order valence-electron chi connectivity index (χ3n) is 5.37. The van der Waals surface area contributed by atoms with Crippen molar-refractivity contribution in [2.24, 2.45) is 0 Å². The van der Waals surface area contributed by atoms with Gasteiger partial charge in [-0.1, -0.05) is 30.3 Å². The molecular weight excluding hydrogens is 409 g/mol. The number of carbonyl (C=O) groups excluding carboxylic acids is 2. The molecule has 32 heavy (non-hydrogen) atoms. The number of hydrogen-bond acceptors (Lipinski definition) is 3. The van der Waals surface area contributed by atoms with E-state index in [4.69, 9.17) is 4.74 Å². The second-order valence-corrected chi connectivity index (χ2v) is 7.54. The highest BCUT2D eigenvalue weighted by molar-refractivity contribution is 6.06. The molecule has 1 heterocycles. The van der Waals surface area contributed by atoms with E-state index in [-0.39, 0.29) is 17.8 Å². The Morgan fingerprint density at radius 1 is 1.03 bits per heavy atom. The first-order valence-electron chi connectivity index (χ1n) is 10.4. The Labute approximate surface area is 186 Å². The van der Waals surface area contributed by atoms with Crippen molar-refractivity contribution in [2.45, 2.75) is 13.0 Å². The summed E-state index contributed by atoms with van der Waals surface area (Å²) in [4.78, 5) is 29.3. The Morgan fingerprint density at radius 3 is 2.59 bits per heavy atom. The van der Waals surface area contributed by atoms with Gasteiger partial charge in [0.15, 0.2) is 0 Å². The fraction of sp³-hybridized carbons (Fsp3) is 0.200. The first-order valence-corrected chi connectivity index (χ1v) is 10.4. The van der Waals surface area contributed by atoms with Crippen molar-refractivity contribution in [1.82, 2.24) is 4.90 Å². The van der Waals surface area contributed by atoms with E-state index in [1.54, 1.807) is 59.4 Å². The topological polar surface area (TPSA) is 61.9 Å². The van der Waals surface area contributed by atoms with Crippen LogP contribution in [-0.4, -0.2) is 37.0 Å². The van der Waals surface area contributed by atoms with Crippen LogP contribution >= 0.6 is 0 Å². The Balaban J connectivity index is 1.49. The van der Waals surface area contributed by atoms with Crippen LogP contribution in [0.2, 0.25) is 0 Å². The number of urea groups is 1. The van der Waals surface area contributed by atoms with Gasteiger partial charge in [-0.15, -0.1) is 0 Å². The molecule has 7 heteroatoms. The number of amides is 3. The van der Waals surface area contributed by atoms with Gasteiger partial charge in [0.05, 0.1) is 12.8 Å². The Hall–Kier alpha value is -3.87. The highest BCUT2D eigenvalue weighted by Crippen LogP contribution is 2.26. The minimum Gasteiger partial charge on any atom is -0.495 e. The van der Waals surface area contributed by atoms with Crippen LogP contribution in [-0.2, 0) is 6.54 Å². The summed E-state index contributed by atoms with van der Waals surface area (Å²) in [5, 5.41) is 2.86. The molecule has 0 unspecified atom stereocenters. The van der Waals surface area contributed by atoms with Gasteiger partial charge in [0.1, 0.15) is 11.6 Å². The first-order chi connectivity index (χ1) is 15.5. The zero-order valence-corrected chi connectivity index (χ0v) is 17.8. The lowest BCUT2D eigenvalue weighted by molar-refractivity contribution is 0.102. The molecule has 0 saturated carbocycles. The van der Waals surface area contributed by atoms with Crippen molar-refractivity contribution in [3.05, 3.63) is 89.7 Å². The van der Waals surface area contributed by atoms with Gasteiger partial charge < -0.3 is 15.0 Å². The molecule has 1 N–H and O–H groups in total. The van der Waals surface area contributed by atoms with Crippen molar-refractivity contribution >= 4 is 23.3 Å². The van der Waals surface area contributed by atoms with E-state index in [1.807, 2.05) is 18.2 Å². The molecule has 1 aliphatic rings. The zero-order valence-electron chi connectivity index (χ0n) is 17.8. The van der Waals surface area contributed by atoms with Gasteiger partial charge in [-0.2, -0.15) is 0 Å². The van der Waals surface area contributed by atoms with Gasteiger partial charge in [0.25, 0.3) is 5.91 Å². The maximum atomic E-state index is 13.2. The number of rotatable bonds is 6. The lowest BCUT2D eigenvalue weighted by Gasteiger charge is -2.35. The van der Waals surface area contributed by atoms with E-state index in [1.165, 1.54) is 12.1 Å². The molecule has 3 aromatic rings. The second kappa shape index (κ2) is 9.51. The van der Waals surface area contributed by atoms with Gasteiger partial charge >= 0.3 is 6.03 Å². The maximum absolute atomic E-state index is 13.2. The molecule has 3 amide bonds. The smallest absolute Gasteiger partial charge is 0.324 e. The standard InChI is InChI=1S/C25H24FN3O3/c1-32-23-9-3-2-8-22(23)27-24(30)19-6-4-7-21(16-19)29-15-5-14-28(25(29)31)17-18-10-12-20(26)13-11-18/h2-4,6-13,16H,5,14-15,17H2,1H3,(H,27,30). The number of para-hydroxylation sites is 2. The van der Waals surface area contributed by atoms with Gasteiger partial charge in [-0.05, 0) is 54.4 Å². The van der Waals surface area contributed by atoms with Crippen LogP contribution < -0.4 is 15.0 Å². The van der Waals surface area contributed by atoms with E-state index in [2.05, 4.69) is 5.32 Å². The van der Waals surface area contributed by atoms with Crippen LogP contribution in [0, 0.1) is 5.82 Å². The predicted molar refractivity (Wildman–Crippen MR) is 122 cm³/mol. The molecule has 0 aromatic heterocycles. The van der Waals surface area contributed by atoms with Crippen molar-refractivity contribution in [3.63, 3.8) is 0 Å². The van der Waals surface area contributed by atoms with E-state index >= 15 is 0 Å². The van der Waals surface area contributed by atoms with Crippen LogP contribution in [0.3, 0.4) is 0 Å². The Bertz CT molecular complexity index is 1120. The molecule has 4 rings (SSSR count). The summed E-state index contributed by atoms with van der Waals surface area (Å²) in [5.41, 5.74) is 2.54. The average molecular weight is 433 g/mol. The summed E-state index contributed by atoms with van der Waals surface area (Å²) in [6.07, 6.45) is 0.796. The quantitative estimate of drug-likeness (QED) is 0.600. The number of benzene rings is 3. The fourth-order valence-electron chi connectivity index (χ4n) is 3.74. The average Bonchev–Trinajstić information content (AvgIpc) is 2.82. The number of halogens is 1. The van der Waals surface area contributed by atoms with Crippen molar-refractivity contribution in [3.8, 4) is 5.75 Å². The number of carbonyl (C=O) groups is 2. The highest BCUT2D eigenvalue weighted by Gasteiger charge is 2.27. The number of hydrogen-bond donors (Lipinski definition) is 1. The van der Waals surface area contributed by atoms with E-state index < -0.39 is 0 Å². The van der Waals surface area contributed by atoms with Crippen LogP contribution in [0.1, 0.15) is 22.3 Å². The molecule has 0 radical (unpaired) electrons. The maximum Gasteiger partial charge on any atom is 0.324 e. The number of anilines is 2. The third-order valence-corrected chi connectivity index (χ3v) is 5.37. The first kappa shape index (κ1) is 21.4. The summed E-state index contributed by atoms with van der Waals surface area (Å²) in [6.45, 7) is 1.60. The summed E-state index contributed by atoms with van der Waals surface area (Å²) < 4.78 is 18.5. The van der Waals surface area contributed by atoms with Crippen molar-refractivity contribution in [2.75, 3.05) is 30.4 Å². The van der Waals surface area contributed by atoms with Crippen molar-refractivity contribution in [1.29, 1.82) is 0 Å². The minimum atomic E-state index is -0.302.